The van der Waals surface area contributed by atoms with Crippen LogP contribution in [0.2, 0.25) is 0 Å². The number of rotatable bonds is 54. The Morgan fingerprint density at radius 3 is 0.972 bits per heavy atom. The van der Waals surface area contributed by atoms with Crippen LogP contribution in [-0.2, 0) is 27.9 Å². The fourth-order valence-corrected chi connectivity index (χ4v) is 10.9. The zero-order valence-corrected chi connectivity index (χ0v) is 47.0. The Labute approximate surface area is 435 Å². The molecule has 0 heterocycles. The van der Waals surface area contributed by atoms with Crippen LogP contribution < -0.4 is 0 Å². The fraction of sp³-hybridized carbons (Fsp3) is 0.983. The molecular formula is C58H115O12P. The summed E-state index contributed by atoms with van der Waals surface area (Å²) in [4.78, 5) is 23.3. The van der Waals surface area contributed by atoms with E-state index in [1.807, 2.05) is 0 Å². The Morgan fingerprint density at radius 2 is 0.662 bits per heavy atom. The molecule has 71 heavy (non-hydrogen) atoms. The zero-order valence-electron chi connectivity index (χ0n) is 46.1. The van der Waals surface area contributed by atoms with Crippen molar-refractivity contribution in [2.24, 2.45) is 0 Å². The summed E-state index contributed by atoms with van der Waals surface area (Å²) < 4.78 is 34.3. The van der Waals surface area contributed by atoms with Crippen LogP contribution in [-0.4, -0.2) is 98.9 Å². The molecule has 424 valence electrons. The third kappa shape index (κ3) is 40.3. The Kier molecular flexibility index (Phi) is 47.1. The number of hydrogen-bond acceptors (Lipinski definition) is 11. The van der Waals surface area contributed by atoms with Crippen molar-refractivity contribution in [1.29, 1.82) is 0 Å². The molecule has 0 aromatic rings. The Hall–Kier alpha value is -0.660. The van der Waals surface area contributed by atoms with Gasteiger partial charge in [0.05, 0.1) is 13.2 Å². The largest absolute Gasteiger partial charge is 0.472 e. The number of ether oxygens (including phenoxy) is 2. The summed E-state index contributed by atoms with van der Waals surface area (Å²) in [6, 6.07) is 0. The third-order valence-electron chi connectivity index (χ3n) is 14.7. The van der Waals surface area contributed by atoms with Gasteiger partial charge in [0.15, 0.2) is 0 Å². The average Bonchev–Trinajstić information content (AvgIpc) is 3.36. The van der Waals surface area contributed by atoms with Crippen LogP contribution in [0.15, 0.2) is 0 Å². The molecule has 1 aliphatic rings. The topological polar surface area (TPSA) is 192 Å². The van der Waals surface area contributed by atoms with E-state index in [9.17, 15) is 39.8 Å². The maximum absolute atomic E-state index is 12.9. The summed E-state index contributed by atoms with van der Waals surface area (Å²) in [7, 11) is -5.02. The van der Waals surface area contributed by atoms with E-state index in [1.54, 1.807) is 0 Å². The van der Waals surface area contributed by atoms with Crippen LogP contribution in [0, 0.1) is 0 Å². The van der Waals surface area contributed by atoms with Gasteiger partial charge in [0.2, 0.25) is 0 Å². The molecule has 0 bridgehead atoms. The molecule has 1 aliphatic carbocycles. The number of phosphoric acid groups is 1. The van der Waals surface area contributed by atoms with Gasteiger partial charge in [0.1, 0.15) is 42.7 Å². The highest BCUT2D eigenvalue weighted by Crippen LogP contribution is 2.47. The molecule has 0 aromatic carbocycles. The van der Waals surface area contributed by atoms with E-state index in [-0.39, 0.29) is 13.0 Å². The maximum atomic E-state index is 12.9. The van der Waals surface area contributed by atoms with Gasteiger partial charge in [-0.15, -0.1) is 0 Å². The molecule has 1 fully saturated rings. The van der Waals surface area contributed by atoms with Gasteiger partial charge in [-0.1, -0.05) is 284 Å². The zero-order chi connectivity index (χ0) is 51.9. The van der Waals surface area contributed by atoms with Gasteiger partial charge in [-0.25, -0.2) is 4.57 Å². The first-order valence-corrected chi connectivity index (χ1v) is 31.9. The van der Waals surface area contributed by atoms with Crippen molar-refractivity contribution in [3.63, 3.8) is 0 Å². The molecule has 8 atom stereocenters. The molecule has 6 N–H and O–H groups in total. The monoisotopic (exact) mass is 1030 g/mol. The van der Waals surface area contributed by atoms with E-state index < -0.39 is 63.1 Å². The normalized spacial score (nSPS) is 20.6. The minimum atomic E-state index is -5.02. The van der Waals surface area contributed by atoms with E-state index in [4.69, 9.17) is 18.5 Å². The number of hydrogen-bond donors (Lipinski definition) is 6. The number of carbonyl (C=O) groups excluding carboxylic acids is 1. The van der Waals surface area contributed by atoms with Crippen LogP contribution in [0.4, 0.5) is 0 Å². The van der Waals surface area contributed by atoms with Crippen molar-refractivity contribution in [3.05, 3.63) is 0 Å². The lowest BCUT2D eigenvalue weighted by atomic mass is 9.85. The van der Waals surface area contributed by atoms with E-state index in [0.717, 1.165) is 38.5 Å². The predicted molar refractivity (Wildman–Crippen MR) is 290 cm³/mol. The Bertz CT molecular complexity index is 1180. The molecule has 6 unspecified atom stereocenters. The first-order chi connectivity index (χ1) is 34.5. The van der Waals surface area contributed by atoms with Crippen molar-refractivity contribution >= 4 is 13.8 Å². The summed E-state index contributed by atoms with van der Waals surface area (Å²) in [5, 5.41) is 50.4. The quantitative estimate of drug-likeness (QED) is 0.0192. The van der Waals surface area contributed by atoms with E-state index in [0.29, 0.717) is 13.0 Å². The highest BCUT2D eigenvalue weighted by atomic mass is 31.2. The molecular weight excluding hydrogens is 920 g/mol. The first-order valence-electron chi connectivity index (χ1n) is 30.4. The number of phosphoric ester groups is 1. The van der Waals surface area contributed by atoms with Crippen LogP contribution in [0.3, 0.4) is 0 Å². The number of aliphatic hydroxyl groups excluding tert-OH is 5. The molecule has 0 aliphatic heterocycles. The van der Waals surface area contributed by atoms with Crippen molar-refractivity contribution in [3.8, 4) is 0 Å². The molecule has 0 amide bonds. The number of unbranched alkanes of at least 4 members (excludes halogenated alkanes) is 42. The second-order valence-corrected chi connectivity index (χ2v) is 23.0. The summed E-state index contributed by atoms with van der Waals surface area (Å²) in [6.07, 6.45) is 45.0. The SMILES string of the molecule is CCCCCCCCCCCCCCCCCCCCCCCCCCCCCCCCCCC(=O)O[C@H](COCCCCCCCCCCCCCC)COP(=O)(O)OC1C(O)C(O)C(O)[C@@H](O)C1O. The minimum absolute atomic E-state index is 0.0677. The van der Waals surface area contributed by atoms with Gasteiger partial charge in [-0.3, -0.25) is 13.8 Å². The first kappa shape index (κ1) is 68.4. The molecule has 0 radical (unpaired) electrons. The highest BCUT2D eigenvalue weighted by molar-refractivity contribution is 7.47. The van der Waals surface area contributed by atoms with E-state index in [2.05, 4.69) is 13.8 Å². The molecule has 1 saturated carbocycles. The average molecular weight is 1040 g/mol. The summed E-state index contributed by atoms with van der Waals surface area (Å²) in [6.45, 7) is 4.32. The highest BCUT2D eigenvalue weighted by Gasteiger charge is 2.51. The Balaban J connectivity index is 2.13. The molecule has 0 saturated heterocycles. The summed E-state index contributed by atoms with van der Waals surface area (Å²) >= 11 is 0. The maximum Gasteiger partial charge on any atom is 0.472 e. The van der Waals surface area contributed by atoms with Gasteiger partial charge in [0.25, 0.3) is 0 Å². The summed E-state index contributed by atoms with van der Waals surface area (Å²) in [5.74, 6) is -0.467. The number of carbonyl (C=O) groups is 1. The molecule has 12 nitrogen and oxygen atoms in total. The second-order valence-electron chi connectivity index (χ2n) is 21.6. The smallest absolute Gasteiger partial charge is 0.457 e. The van der Waals surface area contributed by atoms with Crippen molar-refractivity contribution in [2.45, 2.75) is 346 Å². The van der Waals surface area contributed by atoms with E-state index >= 15 is 0 Å². The van der Waals surface area contributed by atoms with Crippen LogP contribution >= 0.6 is 7.82 Å². The summed E-state index contributed by atoms with van der Waals surface area (Å²) in [5.41, 5.74) is 0. The van der Waals surface area contributed by atoms with Crippen molar-refractivity contribution in [2.75, 3.05) is 19.8 Å². The van der Waals surface area contributed by atoms with Gasteiger partial charge in [-0.2, -0.15) is 0 Å². The van der Waals surface area contributed by atoms with Crippen LogP contribution in [0.25, 0.3) is 0 Å². The lowest BCUT2D eigenvalue weighted by Gasteiger charge is -2.41. The van der Waals surface area contributed by atoms with E-state index in [1.165, 1.54) is 238 Å². The number of esters is 1. The van der Waals surface area contributed by atoms with Crippen LogP contribution in [0.1, 0.15) is 303 Å². The van der Waals surface area contributed by atoms with Crippen molar-refractivity contribution in [1.82, 2.24) is 0 Å². The molecule has 13 heteroatoms. The fourth-order valence-electron chi connectivity index (χ4n) is 9.95. The lowest BCUT2D eigenvalue weighted by molar-refractivity contribution is -0.220. The van der Waals surface area contributed by atoms with Gasteiger partial charge < -0.3 is 39.9 Å². The third-order valence-corrected chi connectivity index (χ3v) is 15.7. The molecule has 1 rings (SSSR count). The van der Waals surface area contributed by atoms with Gasteiger partial charge >= 0.3 is 13.8 Å². The van der Waals surface area contributed by atoms with Gasteiger partial charge in [-0.05, 0) is 12.8 Å². The number of aliphatic hydroxyl groups is 5. The second kappa shape index (κ2) is 48.9. The minimum Gasteiger partial charge on any atom is -0.457 e. The Morgan fingerprint density at radius 1 is 0.394 bits per heavy atom. The van der Waals surface area contributed by atoms with Gasteiger partial charge in [0, 0.05) is 13.0 Å². The standard InChI is InChI=1S/C58H115O12P/c1-3-5-7-9-11-13-15-17-18-19-20-21-22-23-24-25-26-27-28-29-30-31-32-33-34-35-36-37-39-41-43-45-47-52(59)69-51(49-67-48-46-44-42-40-38-16-14-12-10-8-6-4-2)50-68-71(65,66)70-58-56(63)54(61)53(60)55(62)57(58)64/h51,53-58,60-64H,3-50H2,1-2H3,(H,65,66)/t51-,53?,54-,55?,56?,57?,58?/m1/s1. The lowest BCUT2D eigenvalue weighted by Crippen LogP contribution is -2.64. The predicted octanol–water partition coefficient (Wildman–Crippen LogP) is 14.8. The molecule has 0 spiro atoms. The van der Waals surface area contributed by atoms with Crippen molar-refractivity contribution < 1.29 is 58.3 Å². The van der Waals surface area contributed by atoms with Crippen LogP contribution in [0.5, 0.6) is 0 Å². The molecule has 0 aromatic heterocycles.